The molecule has 0 radical (unpaired) electrons. The first-order valence-electron chi connectivity index (χ1n) is 9.18. The molecule has 2 aromatic carbocycles. The number of anilines is 1. The molecule has 0 aliphatic rings. The maximum Gasteiger partial charge on any atom is 0.416 e. The average Bonchev–Trinajstić information content (AvgIpc) is 2.75. The van der Waals surface area contributed by atoms with E-state index in [1.54, 1.807) is 42.6 Å². The summed E-state index contributed by atoms with van der Waals surface area (Å²) in [7, 11) is 0. The molecule has 4 aromatic rings. The smallest absolute Gasteiger partial charge is 0.416 e. The highest BCUT2D eigenvalue weighted by Crippen LogP contribution is 2.29. The lowest BCUT2D eigenvalue weighted by molar-refractivity contribution is -0.137. The molecule has 9 heteroatoms. The Morgan fingerprint density at radius 2 is 1.68 bits per heavy atom. The van der Waals surface area contributed by atoms with E-state index in [2.05, 4.69) is 20.3 Å². The van der Waals surface area contributed by atoms with Crippen LogP contribution in [0.4, 0.5) is 18.9 Å². The molecule has 6 nitrogen and oxygen atoms in total. The minimum atomic E-state index is -4.40. The average molecular weight is 424 g/mol. The first-order valence-corrected chi connectivity index (χ1v) is 9.18. The highest BCUT2D eigenvalue weighted by atomic mass is 19.4. The van der Waals surface area contributed by atoms with Crippen molar-refractivity contribution in [3.8, 4) is 11.6 Å². The topological polar surface area (TPSA) is 77.0 Å². The van der Waals surface area contributed by atoms with E-state index in [-0.39, 0.29) is 12.3 Å². The van der Waals surface area contributed by atoms with Gasteiger partial charge in [0, 0.05) is 11.9 Å². The van der Waals surface area contributed by atoms with E-state index < -0.39 is 11.7 Å². The Kier molecular flexibility index (Phi) is 5.48. The van der Waals surface area contributed by atoms with E-state index in [4.69, 9.17) is 4.74 Å². The van der Waals surface area contributed by atoms with Gasteiger partial charge >= 0.3 is 6.18 Å². The van der Waals surface area contributed by atoms with E-state index in [0.717, 1.165) is 12.1 Å². The van der Waals surface area contributed by atoms with Gasteiger partial charge in [0.2, 0.25) is 11.8 Å². The predicted octanol–water partition coefficient (Wildman–Crippen LogP) is 5.02. The van der Waals surface area contributed by atoms with Crippen LogP contribution in [0, 0.1) is 0 Å². The third-order valence-electron chi connectivity index (χ3n) is 4.37. The zero-order valence-corrected chi connectivity index (χ0v) is 15.9. The van der Waals surface area contributed by atoms with Crippen LogP contribution in [0.2, 0.25) is 0 Å². The first-order chi connectivity index (χ1) is 14.9. The Bertz CT molecular complexity index is 1200. The Labute approximate surface area is 174 Å². The zero-order valence-electron chi connectivity index (χ0n) is 15.9. The fraction of sp³-hybridized carbons (Fsp3) is 0.0909. The lowest BCUT2D eigenvalue weighted by Gasteiger charge is -2.09. The van der Waals surface area contributed by atoms with Crippen molar-refractivity contribution in [1.29, 1.82) is 0 Å². The van der Waals surface area contributed by atoms with Crippen molar-refractivity contribution in [2.45, 2.75) is 12.6 Å². The van der Waals surface area contributed by atoms with Crippen LogP contribution < -0.4 is 10.1 Å². The second-order valence-corrected chi connectivity index (χ2v) is 6.60. The molecule has 1 amide bonds. The highest BCUT2D eigenvalue weighted by molar-refractivity contribution is 5.92. The number of alkyl halides is 3. The third kappa shape index (κ3) is 4.95. The van der Waals surface area contributed by atoms with Gasteiger partial charge in [-0.2, -0.15) is 13.2 Å². The fourth-order valence-corrected chi connectivity index (χ4v) is 2.87. The summed E-state index contributed by atoms with van der Waals surface area (Å²) in [6, 6.07) is 14.7. The minimum Gasteiger partial charge on any atom is -0.438 e. The number of aromatic nitrogens is 3. The number of hydrogen-bond acceptors (Lipinski definition) is 5. The number of carbonyl (C=O) groups is 1. The van der Waals surface area contributed by atoms with Crippen molar-refractivity contribution >= 4 is 22.6 Å². The summed E-state index contributed by atoms with van der Waals surface area (Å²) < 4.78 is 43.6. The van der Waals surface area contributed by atoms with Crippen LogP contribution in [0.15, 0.2) is 73.2 Å². The van der Waals surface area contributed by atoms with E-state index >= 15 is 0 Å². The molecule has 0 aliphatic carbocycles. The Morgan fingerprint density at radius 3 is 2.39 bits per heavy atom. The number of rotatable bonds is 5. The lowest BCUT2D eigenvalue weighted by Crippen LogP contribution is -2.14. The highest BCUT2D eigenvalue weighted by Gasteiger charge is 2.29. The van der Waals surface area contributed by atoms with Gasteiger partial charge in [0.15, 0.2) is 5.65 Å². The predicted molar refractivity (Wildman–Crippen MR) is 108 cm³/mol. The van der Waals surface area contributed by atoms with E-state index in [9.17, 15) is 18.0 Å². The van der Waals surface area contributed by atoms with Crippen LogP contribution in [0.25, 0.3) is 11.0 Å². The fourth-order valence-electron chi connectivity index (χ4n) is 2.87. The molecule has 0 saturated heterocycles. The first kappa shape index (κ1) is 20.3. The van der Waals surface area contributed by atoms with Crippen molar-refractivity contribution in [1.82, 2.24) is 15.0 Å². The van der Waals surface area contributed by atoms with Crippen LogP contribution in [-0.4, -0.2) is 20.9 Å². The van der Waals surface area contributed by atoms with Gasteiger partial charge in [-0.1, -0.05) is 12.1 Å². The number of hydrogen-bond donors (Lipinski definition) is 1. The molecular weight excluding hydrogens is 409 g/mol. The summed E-state index contributed by atoms with van der Waals surface area (Å²) in [6.45, 7) is 0. The molecule has 0 unspecified atom stereocenters. The molecule has 0 aliphatic heterocycles. The molecule has 31 heavy (non-hydrogen) atoms. The maximum atomic E-state index is 12.6. The second kappa shape index (κ2) is 8.39. The summed E-state index contributed by atoms with van der Waals surface area (Å²) in [4.78, 5) is 24.5. The summed E-state index contributed by atoms with van der Waals surface area (Å²) >= 11 is 0. The molecule has 4 rings (SSSR count). The minimum absolute atomic E-state index is 0.0453. The number of ether oxygens (including phenoxy) is 1. The summed E-state index contributed by atoms with van der Waals surface area (Å²) in [5, 5.41) is 3.37. The monoisotopic (exact) mass is 424 g/mol. The van der Waals surface area contributed by atoms with Gasteiger partial charge in [-0.05, 0) is 54.1 Å². The maximum absolute atomic E-state index is 12.6. The van der Waals surface area contributed by atoms with Crippen molar-refractivity contribution in [3.05, 3.63) is 84.3 Å². The van der Waals surface area contributed by atoms with Gasteiger partial charge in [0.25, 0.3) is 0 Å². The second-order valence-electron chi connectivity index (χ2n) is 6.60. The number of nitrogens with one attached hydrogen (secondary N) is 1. The van der Waals surface area contributed by atoms with Crippen LogP contribution in [-0.2, 0) is 17.4 Å². The molecule has 1 N–H and O–H groups in total. The van der Waals surface area contributed by atoms with Gasteiger partial charge in [0.1, 0.15) is 12.1 Å². The number of halogens is 3. The van der Waals surface area contributed by atoms with Gasteiger partial charge in [-0.15, -0.1) is 0 Å². The summed E-state index contributed by atoms with van der Waals surface area (Å²) in [6.07, 6.45) is -1.46. The molecule has 156 valence electrons. The van der Waals surface area contributed by atoms with Crippen molar-refractivity contribution in [2.24, 2.45) is 0 Å². The molecule has 0 saturated carbocycles. The van der Waals surface area contributed by atoms with Crippen molar-refractivity contribution < 1.29 is 22.7 Å². The number of nitrogens with zero attached hydrogens (tertiary/aromatic N) is 3. The molecule has 0 bridgehead atoms. The molecule has 2 aromatic heterocycles. The number of fused-ring (bicyclic) bond motifs is 1. The summed E-state index contributed by atoms with van der Waals surface area (Å²) in [5.41, 5.74) is 0.771. The number of carbonyl (C=O) groups excluding carboxylic acids is 1. The zero-order chi connectivity index (χ0) is 21.8. The van der Waals surface area contributed by atoms with Crippen molar-refractivity contribution in [2.75, 3.05) is 5.32 Å². The van der Waals surface area contributed by atoms with Crippen molar-refractivity contribution in [3.63, 3.8) is 0 Å². The van der Waals surface area contributed by atoms with E-state index in [0.29, 0.717) is 33.9 Å². The molecule has 0 atom stereocenters. The van der Waals surface area contributed by atoms with Crippen LogP contribution in [0.5, 0.6) is 11.6 Å². The molecule has 0 fully saturated rings. The lowest BCUT2D eigenvalue weighted by atomic mass is 10.1. The Hall–Kier alpha value is -4.01. The third-order valence-corrected chi connectivity index (χ3v) is 4.37. The quantitative estimate of drug-likeness (QED) is 0.487. The molecular formula is C22H15F3N4O2. The van der Waals surface area contributed by atoms with Crippen LogP contribution >= 0.6 is 0 Å². The van der Waals surface area contributed by atoms with E-state index in [1.807, 2.05) is 0 Å². The molecule has 0 spiro atoms. The number of amides is 1. The molecule has 2 heterocycles. The van der Waals surface area contributed by atoms with Gasteiger partial charge in [-0.3, -0.25) is 4.79 Å². The van der Waals surface area contributed by atoms with Gasteiger partial charge in [0.05, 0.1) is 17.4 Å². The standard InChI is InChI=1S/C22H15F3N4O2/c23-22(24,25)15-5-3-14(4-6-15)12-19(30)29-16-7-9-17(10-8-16)31-21-18-2-1-11-26-20(18)27-13-28-21/h1-11,13H,12H2,(H,29,30). The SMILES string of the molecule is O=C(Cc1ccc(C(F)(F)F)cc1)Nc1ccc(Oc2ncnc3ncccc23)cc1. The number of benzene rings is 2. The largest absolute Gasteiger partial charge is 0.438 e. The van der Waals surface area contributed by atoms with Gasteiger partial charge in [-0.25, -0.2) is 15.0 Å². The van der Waals surface area contributed by atoms with Gasteiger partial charge < -0.3 is 10.1 Å². The number of pyridine rings is 1. The Balaban J connectivity index is 1.38. The summed E-state index contributed by atoms with van der Waals surface area (Å²) in [5.74, 6) is 0.517. The van der Waals surface area contributed by atoms with E-state index in [1.165, 1.54) is 18.5 Å². The van der Waals surface area contributed by atoms with Crippen LogP contribution in [0.3, 0.4) is 0 Å². The van der Waals surface area contributed by atoms with Crippen LogP contribution in [0.1, 0.15) is 11.1 Å². The normalized spacial score (nSPS) is 11.3. The Morgan fingerprint density at radius 1 is 0.935 bits per heavy atom.